The van der Waals surface area contributed by atoms with Crippen LogP contribution in [0.15, 0.2) is 247 Å². The molecule has 0 aliphatic heterocycles. The molecule has 2 aromatic heterocycles. The van der Waals surface area contributed by atoms with E-state index >= 15 is 0 Å². The van der Waals surface area contributed by atoms with Crippen LogP contribution >= 0.6 is 0 Å². The smallest absolute Gasteiger partial charge is 0.136 e. The van der Waals surface area contributed by atoms with Crippen LogP contribution in [-0.2, 0) is 0 Å². The van der Waals surface area contributed by atoms with Gasteiger partial charge >= 0.3 is 0 Å². The van der Waals surface area contributed by atoms with E-state index in [1.807, 2.05) is 12.1 Å². The van der Waals surface area contributed by atoms with E-state index < -0.39 is 0 Å². The molecule has 0 saturated heterocycles. The number of benzene rings is 10. The lowest BCUT2D eigenvalue weighted by atomic mass is 9.94. The predicted octanol–water partition coefficient (Wildman–Crippen LogP) is 16.8. The molecule has 2 heterocycles. The molecule has 296 valence electrons. The van der Waals surface area contributed by atoms with Gasteiger partial charge in [0.2, 0.25) is 0 Å². The molecule has 0 amide bonds. The molecule has 12 aromatic rings. The Kier molecular flexibility index (Phi) is 8.83. The normalized spacial score (nSPS) is 11.5. The van der Waals surface area contributed by atoms with Gasteiger partial charge in [-0.3, -0.25) is 0 Å². The van der Waals surface area contributed by atoms with Crippen LogP contribution in [0.1, 0.15) is 0 Å². The zero-order valence-corrected chi connectivity index (χ0v) is 34.4. The summed E-state index contributed by atoms with van der Waals surface area (Å²) < 4.78 is 8.78. The fraction of sp³-hybridized carbons (Fsp3) is 0. The summed E-state index contributed by atoms with van der Waals surface area (Å²) in [5, 5.41) is 4.76. The molecular formula is C60H40N2O. The van der Waals surface area contributed by atoms with E-state index in [0.717, 1.165) is 66.9 Å². The summed E-state index contributed by atoms with van der Waals surface area (Å²) in [6, 6.07) is 87.1. The average Bonchev–Trinajstić information content (AvgIpc) is 3.91. The van der Waals surface area contributed by atoms with Crippen LogP contribution in [0.25, 0.3) is 93.9 Å². The predicted molar refractivity (Wildman–Crippen MR) is 264 cm³/mol. The Hall–Kier alpha value is -8.40. The van der Waals surface area contributed by atoms with Crippen molar-refractivity contribution in [3.8, 4) is 50.2 Å². The van der Waals surface area contributed by atoms with E-state index in [9.17, 15) is 0 Å². The first-order chi connectivity index (χ1) is 31.2. The number of furan rings is 1. The number of anilines is 3. The van der Waals surface area contributed by atoms with Gasteiger partial charge < -0.3 is 13.9 Å². The van der Waals surface area contributed by atoms with Crippen molar-refractivity contribution in [2.45, 2.75) is 0 Å². The number of aromatic nitrogens is 1. The summed E-state index contributed by atoms with van der Waals surface area (Å²) in [5.74, 6) is 0. The third-order valence-electron chi connectivity index (χ3n) is 12.4. The van der Waals surface area contributed by atoms with Gasteiger partial charge in [-0.25, -0.2) is 0 Å². The quantitative estimate of drug-likeness (QED) is 0.153. The second-order valence-electron chi connectivity index (χ2n) is 16.1. The van der Waals surface area contributed by atoms with E-state index in [0.29, 0.717) is 0 Å². The van der Waals surface area contributed by atoms with E-state index in [4.69, 9.17) is 4.42 Å². The molecule has 0 fully saturated rings. The SMILES string of the molecule is c1ccc(-c2ccccc2-c2ccc(N(c3ccc(-c4cccc(-n5c6ccccc6c6ccccc65)c4)cc3)c3ccccc3-c3ccc4c(c3)oc3ccccc34)cc2)cc1. The molecule has 0 N–H and O–H groups in total. The van der Waals surface area contributed by atoms with Gasteiger partial charge in [0, 0.05) is 44.2 Å². The second kappa shape index (κ2) is 15.3. The van der Waals surface area contributed by atoms with Crippen molar-refractivity contribution in [2.24, 2.45) is 0 Å². The minimum Gasteiger partial charge on any atom is -0.456 e. The minimum absolute atomic E-state index is 0.879. The number of fused-ring (bicyclic) bond motifs is 6. The molecule has 3 nitrogen and oxygen atoms in total. The van der Waals surface area contributed by atoms with Crippen LogP contribution < -0.4 is 4.90 Å². The van der Waals surface area contributed by atoms with Crippen LogP contribution in [0.2, 0.25) is 0 Å². The van der Waals surface area contributed by atoms with Gasteiger partial charge in [0.05, 0.1) is 16.7 Å². The van der Waals surface area contributed by atoms with Crippen molar-refractivity contribution in [1.29, 1.82) is 0 Å². The van der Waals surface area contributed by atoms with Crippen LogP contribution in [-0.4, -0.2) is 4.57 Å². The Morgan fingerprint density at radius 2 is 0.810 bits per heavy atom. The Bertz CT molecular complexity index is 3560. The van der Waals surface area contributed by atoms with Crippen LogP contribution in [0.5, 0.6) is 0 Å². The number of nitrogens with zero attached hydrogens (tertiary/aromatic N) is 2. The maximum atomic E-state index is 6.40. The highest BCUT2D eigenvalue weighted by Gasteiger charge is 2.20. The molecule has 10 aromatic carbocycles. The molecular weight excluding hydrogens is 765 g/mol. The third kappa shape index (κ3) is 6.38. The van der Waals surface area contributed by atoms with Gasteiger partial charge in [0.1, 0.15) is 11.2 Å². The summed E-state index contributed by atoms with van der Waals surface area (Å²) in [4.78, 5) is 2.38. The van der Waals surface area contributed by atoms with Gasteiger partial charge in [-0.05, 0) is 112 Å². The maximum absolute atomic E-state index is 6.40. The molecule has 0 unspecified atom stereocenters. The van der Waals surface area contributed by atoms with Gasteiger partial charge in [-0.2, -0.15) is 0 Å². The summed E-state index contributed by atoms with van der Waals surface area (Å²) in [7, 11) is 0. The lowest BCUT2D eigenvalue weighted by Crippen LogP contribution is -2.11. The van der Waals surface area contributed by atoms with E-state index in [1.54, 1.807) is 0 Å². The highest BCUT2D eigenvalue weighted by atomic mass is 16.3. The number of para-hydroxylation sites is 4. The summed E-state index contributed by atoms with van der Waals surface area (Å²) in [6.07, 6.45) is 0. The van der Waals surface area contributed by atoms with Crippen molar-refractivity contribution in [3.63, 3.8) is 0 Å². The second-order valence-corrected chi connectivity index (χ2v) is 16.1. The molecule has 3 heteroatoms. The van der Waals surface area contributed by atoms with Crippen LogP contribution in [0.3, 0.4) is 0 Å². The molecule has 63 heavy (non-hydrogen) atoms. The van der Waals surface area contributed by atoms with Crippen molar-refractivity contribution >= 4 is 60.8 Å². The molecule has 0 saturated carbocycles. The van der Waals surface area contributed by atoms with Gasteiger partial charge in [0.15, 0.2) is 0 Å². The number of hydrogen-bond donors (Lipinski definition) is 0. The first kappa shape index (κ1) is 36.5. The molecule has 0 spiro atoms. The van der Waals surface area contributed by atoms with Gasteiger partial charge in [-0.1, -0.05) is 170 Å². The first-order valence-electron chi connectivity index (χ1n) is 21.5. The largest absolute Gasteiger partial charge is 0.456 e. The lowest BCUT2D eigenvalue weighted by molar-refractivity contribution is 0.669. The maximum Gasteiger partial charge on any atom is 0.136 e. The molecule has 0 bridgehead atoms. The Labute approximate surface area is 366 Å². The average molecular weight is 805 g/mol. The third-order valence-corrected chi connectivity index (χ3v) is 12.4. The Morgan fingerprint density at radius 3 is 1.51 bits per heavy atom. The van der Waals surface area contributed by atoms with Crippen LogP contribution in [0.4, 0.5) is 17.1 Å². The fourth-order valence-electron chi connectivity index (χ4n) is 9.46. The minimum atomic E-state index is 0.879. The van der Waals surface area contributed by atoms with Gasteiger partial charge in [-0.15, -0.1) is 0 Å². The fourth-order valence-corrected chi connectivity index (χ4v) is 9.46. The van der Waals surface area contributed by atoms with E-state index in [1.165, 1.54) is 44.1 Å². The lowest BCUT2D eigenvalue weighted by Gasteiger charge is -2.28. The Balaban J connectivity index is 0.967. The standard InChI is InChI=1S/C60H40N2O/c1-2-15-42(16-3-1)49-19-4-5-20-50(49)43-31-36-47(37-32-43)61(56-25-10-6-21-51(56)45-33-38-55-54-24-9-13-28-59(54)63-60(55)40-45)46-34-29-41(30-35-46)44-17-14-18-48(39-44)62-57-26-11-7-22-52(57)53-23-8-12-27-58(53)62/h1-40H. The first-order valence-corrected chi connectivity index (χ1v) is 21.5. The molecule has 0 aliphatic rings. The molecule has 0 radical (unpaired) electrons. The monoisotopic (exact) mass is 804 g/mol. The van der Waals surface area contributed by atoms with Crippen molar-refractivity contribution in [1.82, 2.24) is 4.57 Å². The number of rotatable bonds is 8. The Morgan fingerprint density at radius 1 is 0.302 bits per heavy atom. The van der Waals surface area contributed by atoms with Crippen molar-refractivity contribution in [3.05, 3.63) is 243 Å². The molecule has 12 rings (SSSR count). The highest BCUT2D eigenvalue weighted by molar-refractivity contribution is 6.09. The molecule has 0 atom stereocenters. The van der Waals surface area contributed by atoms with Gasteiger partial charge in [0.25, 0.3) is 0 Å². The van der Waals surface area contributed by atoms with Crippen molar-refractivity contribution in [2.75, 3.05) is 4.90 Å². The van der Waals surface area contributed by atoms with E-state index in [-0.39, 0.29) is 0 Å². The summed E-state index contributed by atoms with van der Waals surface area (Å²) in [5.41, 5.74) is 17.8. The zero-order chi connectivity index (χ0) is 41.7. The highest BCUT2D eigenvalue weighted by Crippen LogP contribution is 2.44. The number of hydrogen-bond acceptors (Lipinski definition) is 2. The summed E-state index contributed by atoms with van der Waals surface area (Å²) in [6.45, 7) is 0. The van der Waals surface area contributed by atoms with Crippen molar-refractivity contribution < 1.29 is 4.42 Å². The zero-order valence-electron chi connectivity index (χ0n) is 34.4. The summed E-state index contributed by atoms with van der Waals surface area (Å²) >= 11 is 0. The van der Waals surface area contributed by atoms with E-state index in [2.05, 4.69) is 240 Å². The molecule has 0 aliphatic carbocycles. The topological polar surface area (TPSA) is 21.3 Å². The van der Waals surface area contributed by atoms with Crippen LogP contribution in [0, 0.1) is 0 Å².